The summed E-state index contributed by atoms with van der Waals surface area (Å²) in [5, 5.41) is 1.07. The Balaban J connectivity index is 2.18. The molecule has 0 unspecified atom stereocenters. The molecule has 1 heterocycles. The van der Waals surface area contributed by atoms with E-state index < -0.39 is 0 Å². The number of amides is 1. The smallest absolute Gasteiger partial charge is 0.275 e. The largest absolute Gasteiger partial charge is 0.377 e. The van der Waals surface area contributed by atoms with Crippen molar-refractivity contribution in [1.82, 2.24) is 5.43 Å². The van der Waals surface area contributed by atoms with E-state index in [0.29, 0.717) is 18.1 Å². The molecule has 2 aromatic rings. The minimum Gasteiger partial charge on any atom is -0.377 e. The molecule has 3 N–H and O–H groups in total. The number of thiophene rings is 1. The Morgan fingerprint density at radius 1 is 1.33 bits per heavy atom. The molecule has 0 spiro atoms. The summed E-state index contributed by atoms with van der Waals surface area (Å²) in [5.74, 6) is 5.01. The van der Waals surface area contributed by atoms with Crippen molar-refractivity contribution in [1.29, 1.82) is 0 Å². The van der Waals surface area contributed by atoms with Crippen LogP contribution < -0.4 is 11.3 Å². The topological polar surface area (TPSA) is 64.3 Å². The molecule has 0 atom stereocenters. The van der Waals surface area contributed by atoms with Gasteiger partial charge in [-0.15, -0.1) is 11.3 Å². The van der Waals surface area contributed by atoms with Gasteiger partial charge in [-0.25, -0.2) is 5.84 Å². The number of hydrogen-bond acceptors (Lipinski definition) is 4. The van der Waals surface area contributed by atoms with Crippen LogP contribution in [0, 0.1) is 5.41 Å². The van der Waals surface area contributed by atoms with E-state index in [1.807, 2.05) is 24.3 Å². The van der Waals surface area contributed by atoms with Gasteiger partial charge in [-0.3, -0.25) is 10.2 Å². The lowest BCUT2D eigenvalue weighted by Gasteiger charge is -2.17. The molecule has 0 aliphatic carbocycles. The van der Waals surface area contributed by atoms with Crippen LogP contribution in [0.1, 0.15) is 42.4 Å². The van der Waals surface area contributed by atoms with Gasteiger partial charge in [-0.1, -0.05) is 39.0 Å². The zero-order valence-electron chi connectivity index (χ0n) is 12.7. The maximum Gasteiger partial charge on any atom is 0.275 e. The molecule has 0 fully saturated rings. The standard InChI is InChI=1S/C16H22N2O2S/c1-16(2,3)8-9-20-10-12-11-6-4-5-7-13(11)21-14(12)15(19)18-17/h4-7H,8-10,17H2,1-3H3,(H,18,19). The Kier molecular flexibility index (Phi) is 4.98. The van der Waals surface area contributed by atoms with E-state index in [4.69, 9.17) is 10.6 Å². The number of nitrogens with two attached hydrogens (primary N) is 1. The third-order valence-corrected chi connectivity index (χ3v) is 4.49. The molecule has 0 saturated carbocycles. The van der Waals surface area contributed by atoms with Crippen molar-refractivity contribution in [2.24, 2.45) is 11.3 Å². The molecule has 0 radical (unpaired) electrons. The van der Waals surface area contributed by atoms with Crippen molar-refractivity contribution in [2.45, 2.75) is 33.8 Å². The zero-order valence-corrected chi connectivity index (χ0v) is 13.5. The monoisotopic (exact) mass is 306 g/mol. The number of hydrogen-bond donors (Lipinski definition) is 2. The molecule has 0 aliphatic rings. The summed E-state index contributed by atoms with van der Waals surface area (Å²) in [6, 6.07) is 7.96. The lowest BCUT2D eigenvalue weighted by Crippen LogP contribution is -2.30. The van der Waals surface area contributed by atoms with Crippen LogP contribution in [-0.2, 0) is 11.3 Å². The van der Waals surface area contributed by atoms with Gasteiger partial charge < -0.3 is 4.74 Å². The molecule has 0 saturated heterocycles. The first-order chi connectivity index (χ1) is 9.92. The molecule has 4 nitrogen and oxygen atoms in total. The number of fused-ring (bicyclic) bond motifs is 1. The molecule has 114 valence electrons. The summed E-state index contributed by atoms with van der Waals surface area (Å²) in [6.07, 6.45) is 0.980. The van der Waals surface area contributed by atoms with Gasteiger partial charge in [0.05, 0.1) is 11.5 Å². The average molecular weight is 306 g/mol. The van der Waals surface area contributed by atoms with Gasteiger partial charge in [-0.05, 0) is 23.3 Å². The first-order valence-corrected chi connectivity index (χ1v) is 7.83. The predicted molar refractivity (Wildman–Crippen MR) is 87.2 cm³/mol. The fourth-order valence-electron chi connectivity index (χ4n) is 2.04. The first kappa shape index (κ1) is 15.9. The van der Waals surface area contributed by atoms with E-state index in [9.17, 15) is 4.79 Å². The van der Waals surface area contributed by atoms with Gasteiger partial charge in [0.2, 0.25) is 0 Å². The highest BCUT2D eigenvalue weighted by Gasteiger charge is 2.18. The molecular weight excluding hydrogens is 284 g/mol. The van der Waals surface area contributed by atoms with Gasteiger partial charge >= 0.3 is 0 Å². The van der Waals surface area contributed by atoms with Crippen molar-refractivity contribution in [3.8, 4) is 0 Å². The number of nitrogens with one attached hydrogen (secondary N) is 1. The Morgan fingerprint density at radius 2 is 2.05 bits per heavy atom. The van der Waals surface area contributed by atoms with Gasteiger partial charge in [0.1, 0.15) is 0 Å². The second-order valence-corrected chi connectivity index (χ2v) is 7.29. The fraction of sp³-hybridized carbons (Fsp3) is 0.438. The van der Waals surface area contributed by atoms with E-state index in [0.717, 1.165) is 22.1 Å². The first-order valence-electron chi connectivity index (χ1n) is 7.01. The molecule has 0 aliphatic heterocycles. The Bertz CT molecular complexity index is 629. The SMILES string of the molecule is CC(C)(C)CCOCc1c(C(=O)NN)sc2ccccc12. The fourth-order valence-corrected chi connectivity index (χ4v) is 3.16. The Morgan fingerprint density at radius 3 is 2.71 bits per heavy atom. The average Bonchev–Trinajstić information content (AvgIpc) is 2.80. The van der Waals surface area contributed by atoms with Gasteiger partial charge in [-0.2, -0.15) is 0 Å². The van der Waals surface area contributed by atoms with Gasteiger partial charge in [0.15, 0.2) is 0 Å². The predicted octanol–water partition coefficient (Wildman–Crippen LogP) is 3.46. The highest BCUT2D eigenvalue weighted by atomic mass is 32.1. The lowest BCUT2D eigenvalue weighted by molar-refractivity contribution is 0.0909. The van der Waals surface area contributed by atoms with Gasteiger partial charge in [0.25, 0.3) is 5.91 Å². The number of carbonyl (C=O) groups excluding carboxylic acids is 1. The third kappa shape index (κ3) is 4.03. The minimum absolute atomic E-state index is 0.244. The van der Waals surface area contributed by atoms with Crippen LogP contribution in [0.4, 0.5) is 0 Å². The number of nitrogen functional groups attached to an aromatic ring is 1. The van der Waals surface area contributed by atoms with Crippen LogP contribution in [0.15, 0.2) is 24.3 Å². The van der Waals surface area contributed by atoms with Crippen LogP contribution in [0.3, 0.4) is 0 Å². The second-order valence-electron chi connectivity index (χ2n) is 6.24. The third-order valence-electron chi connectivity index (χ3n) is 3.28. The number of rotatable bonds is 5. The number of carbonyl (C=O) groups is 1. The summed E-state index contributed by atoms with van der Waals surface area (Å²) in [7, 11) is 0. The molecule has 1 aromatic heterocycles. The van der Waals surface area contributed by atoms with E-state index in [1.54, 1.807) is 0 Å². The summed E-state index contributed by atoms with van der Waals surface area (Å²) in [6.45, 7) is 7.66. The lowest BCUT2D eigenvalue weighted by atomic mass is 9.93. The molecule has 5 heteroatoms. The maximum atomic E-state index is 11.9. The van der Waals surface area contributed by atoms with E-state index in [1.165, 1.54) is 11.3 Å². The molecule has 1 aromatic carbocycles. The van der Waals surface area contributed by atoms with E-state index in [2.05, 4.69) is 26.2 Å². The van der Waals surface area contributed by atoms with Crippen LogP contribution in [0.5, 0.6) is 0 Å². The van der Waals surface area contributed by atoms with Crippen molar-refractivity contribution < 1.29 is 9.53 Å². The van der Waals surface area contributed by atoms with Crippen molar-refractivity contribution in [2.75, 3.05) is 6.61 Å². The maximum absolute atomic E-state index is 11.9. The van der Waals surface area contributed by atoms with E-state index >= 15 is 0 Å². The summed E-state index contributed by atoms with van der Waals surface area (Å²) < 4.78 is 6.86. The molecule has 1 amide bonds. The van der Waals surface area contributed by atoms with Crippen LogP contribution in [0.2, 0.25) is 0 Å². The number of ether oxygens (including phenoxy) is 1. The molecule has 0 bridgehead atoms. The highest BCUT2D eigenvalue weighted by molar-refractivity contribution is 7.21. The molecular formula is C16H22N2O2S. The summed E-state index contributed by atoms with van der Waals surface area (Å²) >= 11 is 1.45. The number of hydrazine groups is 1. The summed E-state index contributed by atoms with van der Waals surface area (Å²) in [4.78, 5) is 12.5. The zero-order chi connectivity index (χ0) is 15.5. The highest BCUT2D eigenvalue weighted by Crippen LogP contribution is 2.32. The summed E-state index contributed by atoms with van der Waals surface area (Å²) in [5.41, 5.74) is 3.38. The second kappa shape index (κ2) is 6.56. The Labute approximate surface area is 129 Å². The van der Waals surface area contributed by atoms with Crippen molar-refractivity contribution >= 4 is 27.3 Å². The van der Waals surface area contributed by atoms with E-state index in [-0.39, 0.29) is 11.3 Å². The number of benzene rings is 1. The normalized spacial score (nSPS) is 11.8. The minimum atomic E-state index is -0.259. The van der Waals surface area contributed by atoms with Crippen molar-refractivity contribution in [3.63, 3.8) is 0 Å². The molecule has 21 heavy (non-hydrogen) atoms. The quantitative estimate of drug-likeness (QED) is 0.385. The molecule has 2 rings (SSSR count). The van der Waals surface area contributed by atoms with Crippen LogP contribution >= 0.6 is 11.3 Å². The Hall–Kier alpha value is -1.43. The van der Waals surface area contributed by atoms with Gasteiger partial charge in [0, 0.05) is 16.9 Å². The van der Waals surface area contributed by atoms with Crippen molar-refractivity contribution in [3.05, 3.63) is 34.7 Å². The van der Waals surface area contributed by atoms with Crippen LogP contribution in [0.25, 0.3) is 10.1 Å². The van der Waals surface area contributed by atoms with Crippen LogP contribution in [-0.4, -0.2) is 12.5 Å².